The maximum atomic E-state index is 13.2. The Bertz CT molecular complexity index is 581. The summed E-state index contributed by atoms with van der Waals surface area (Å²) >= 11 is 0. The summed E-state index contributed by atoms with van der Waals surface area (Å²) in [6, 6.07) is 0. The van der Waals surface area contributed by atoms with Gasteiger partial charge in [-0.1, -0.05) is 151 Å². The van der Waals surface area contributed by atoms with Gasteiger partial charge in [-0.3, -0.25) is 9.59 Å². The highest BCUT2D eigenvalue weighted by molar-refractivity contribution is 5.74. The van der Waals surface area contributed by atoms with Crippen molar-refractivity contribution >= 4 is 11.9 Å². The molecule has 0 fully saturated rings. The summed E-state index contributed by atoms with van der Waals surface area (Å²) in [6.45, 7) is 13.6. The zero-order valence-electron chi connectivity index (χ0n) is 27.1. The minimum atomic E-state index is -0.682. The summed E-state index contributed by atoms with van der Waals surface area (Å²) in [6.07, 6.45) is 23.7. The Morgan fingerprint density at radius 3 is 1.38 bits per heavy atom. The van der Waals surface area contributed by atoms with Crippen molar-refractivity contribution in [2.75, 3.05) is 0 Å². The highest BCUT2D eigenvalue weighted by Gasteiger charge is 2.43. The number of hydrogen-bond donors (Lipinski definition) is 2. The van der Waals surface area contributed by atoms with Crippen LogP contribution in [-0.4, -0.2) is 22.2 Å². The molecule has 3 atom stereocenters. The van der Waals surface area contributed by atoms with Crippen LogP contribution in [0.2, 0.25) is 0 Å². The molecule has 0 aliphatic carbocycles. The van der Waals surface area contributed by atoms with E-state index in [4.69, 9.17) is 5.11 Å². The number of carboxylic acid groups (broad SMARTS) is 2. The van der Waals surface area contributed by atoms with Gasteiger partial charge in [0.1, 0.15) is 0 Å². The Kier molecular flexibility index (Phi) is 23.0. The first-order valence-corrected chi connectivity index (χ1v) is 17.1. The van der Waals surface area contributed by atoms with E-state index in [2.05, 4.69) is 41.5 Å². The van der Waals surface area contributed by atoms with Gasteiger partial charge in [0.2, 0.25) is 0 Å². The lowest BCUT2D eigenvalue weighted by Gasteiger charge is -2.39. The van der Waals surface area contributed by atoms with Crippen molar-refractivity contribution in [3.05, 3.63) is 0 Å². The minimum Gasteiger partial charge on any atom is -0.481 e. The molecule has 232 valence electrons. The summed E-state index contributed by atoms with van der Waals surface area (Å²) in [5.74, 6) is 0.812. The number of hydrogen-bond acceptors (Lipinski definition) is 2. The number of aliphatic carboxylic acids is 2. The molecule has 0 spiro atoms. The minimum absolute atomic E-state index is 0.301. The molecule has 0 bridgehead atoms. The van der Waals surface area contributed by atoms with Gasteiger partial charge in [-0.2, -0.15) is 0 Å². The molecule has 0 aromatic rings. The van der Waals surface area contributed by atoms with E-state index >= 15 is 0 Å². The Hall–Kier alpha value is -1.06. The summed E-state index contributed by atoms with van der Waals surface area (Å²) in [7, 11) is 0. The Labute approximate surface area is 243 Å². The molecule has 0 rings (SSSR count). The van der Waals surface area contributed by atoms with Crippen LogP contribution >= 0.6 is 0 Å². The lowest BCUT2D eigenvalue weighted by atomic mass is 9.64. The smallest absolute Gasteiger partial charge is 0.309 e. The summed E-state index contributed by atoms with van der Waals surface area (Å²) in [5, 5.41) is 19.6. The predicted molar refractivity (Wildman–Crippen MR) is 167 cm³/mol. The second-order valence-electron chi connectivity index (χ2n) is 13.1. The first-order valence-electron chi connectivity index (χ1n) is 17.1. The normalized spacial score (nSPS) is 15.7. The quantitative estimate of drug-likeness (QED) is 0.0946. The third-order valence-corrected chi connectivity index (χ3v) is 9.46. The highest BCUT2D eigenvalue weighted by atomic mass is 16.4. The largest absolute Gasteiger partial charge is 0.481 e. The molecule has 0 heterocycles. The van der Waals surface area contributed by atoms with Gasteiger partial charge in [0.25, 0.3) is 0 Å². The van der Waals surface area contributed by atoms with Gasteiger partial charge in [-0.15, -0.1) is 0 Å². The molecule has 2 N–H and O–H groups in total. The Morgan fingerprint density at radius 1 is 0.590 bits per heavy atom. The van der Waals surface area contributed by atoms with E-state index < -0.39 is 17.4 Å². The average molecular weight is 553 g/mol. The second kappa shape index (κ2) is 23.6. The second-order valence-corrected chi connectivity index (χ2v) is 13.1. The molecule has 0 aliphatic heterocycles. The SMILES string of the molecule is CCCCC(CC)CC(CC(CC)CCCC)(CC(CCCCCCCCCCCC(=O)O)C(C)C)C(=O)O. The third kappa shape index (κ3) is 18.1. The van der Waals surface area contributed by atoms with Crippen LogP contribution in [0.3, 0.4) is 0 Å². The molecular weight excluding hydrogens is 484 g/mol. The lowest BCUT2D eigenvalue weighted by Crippen LogP contribution is -2.38. The third-order valence-electron chi connectivity index (χ3n) is 9.46. The van der Waals surface area contributed by atoms with Crippen LogP contribution in [0.5, 0.6) is 0 Å². The van der Waals surface area contributed by atoms with Gasteiger partial charge in [0.15, 0.2) is 0 Å². The van der Waals surface area contributed by atoms with E-state index in [0.29, 0.717) is 30.1 Å². The van der Waals surface area contributed by atoms with Crippen LogP contribution in [0.4, 0.5) is 0 Å². The van der Waals surface area contributed by atoms with E-state index in [0.717, 1.165) is 57.8 Å². The maximum Gasteiger partial charge on any atom is 0.309 e. The van der Waals surface area contributed by atoms with Crippen LogP contribution in [-0.2, 0) is 9.59 Å². The fraction of sp³-hybridized carbons (Fsp3) is 0.943. The van der Waals surface area contributed by atoms with Crippen molar-refractivity contribution < 1.29 is 19.8 Å². The number of carboxylic acids is 2. The van der Waals surface area contributed by atoms with Crippen molar-refractivity contribution in [1.29, 1.82) is 0 Å². The van der Waals surface area contributed by atoms with Crippen LogP contribution < -0.4 is 0 Å². The fourth-order valence-electron chi connectivity index (χ4n) is 6.60. The molecule has 0 saturated heterocycles. The molecule has 0 aliphatic rings. The van der Waals surface area contributed by atoms with Crippen LogP contribution in [0.25, 0.3) is 0 Å². The maximum absolute atomic E-state index is 13.2. The number of rotatable bonds is 28. The standard InChI is InChI=1S/C35H68O4/c1-7-11-22-30(9-3)26-35(34(38)39,27-31(10-4)23-12-8-2)28-32(29(5)6)24-20-18-16-14-13-15-17-19-21-25-33(36)37/h29-32H,7-28H2,1-6H3,(H,36,37)(H,38,39). The topological polar surface area (TPSA) is 74.6 Å². The molecule has 0 aromatic carbocycles. The molecule has 4 heteroatoms. The van der Waals surface area contributed by atoms with Crippen LogP contribution in [0, 0.1) is 29.1 Å². The molecule has 0 aromatic heterocycles. The van der Waals surface area contributed by atoms with Gasteiger partial charge in [-0.05, 0) is 49.4 Å². The van der Waals surface area contributed by atoms with Crippen LogP contribution in [0.15, 0.2) is 0 Å². The first-order chi connectivity index (χ1) is 18.6. The van der Waals surface area contributed by atoms with E-state index in [1.54, 1.807) is 0 Å². The molecular formula is C35H68O4. The van der Waals surface area contributed by atoms with Crippen molar-refractivity contribution in [2.24, 2.45) is 29.1 Å². The molecule has 3 unspecified atom stereocenters. The van der Waals surface area contributed by atoms with Gasteiger partial charge in [0.05, 0.1) is 5.41 Å². The fourth-order valence-corrected chi connectivity index (χ4v) is 6.60. The Morgan fingerprint density at radius 2 is 1.03 bits per heavy atom. The number of carbonyl (C=O) groups is 2. The zero-order valence-corrected chi connectivity index (χ0v) is 27.1. The molecule has 0 saturated carbocycles. The monoisotopic (exact) mass is 553 g/mol. The predicted octanol–water partition coefficient (Wildman–Crippen LogP) is 11.3. The zero-order chi connectivity index (χ0) is 29.5. The van der Waals surface area contributed by atoms with E-state index in [1.807, 2.05) is 0 Å². The first kappa shape index (κ1) is 37.9. The molecule has 0 amide bonds. The highest BCUT2D eigenvalue weighted by Crippen LogP contribution is 2.46. The van der Waals surface area contributed by atoms with E-state index in [-0.39, 0.29) is 0 Å². The van der Waals surface area contributed by atoms with Crippen molar-refractivity contribution in [1.82, 2.24) is 0 Å². The van der Waals surface area contributed by atoms with Crippen LogP contribution in [0.1, 0.15) is 183 Å². The van der Waals surface area contributed by atoms with Crippen molar-refractivity contribution in [3.8, 4) is 0 Å². The average Bonchev–Trinajstić information content (AvgIpc) is 2.90. The van der Waals surface area contributed by atoms with Gasteiger partial charge < -0.3 is 10.2 Å². The molecule has 39 heavy (non-hydrogen) atoms. The van der Waals surface area contributed by atoms with E-state index in [9.17, 15) is 14.7 Å². The number of unbranched alkanes of at least 4 members (excludes halogenated alkanes) is 10. The van der Waals surface area contributed by atoms with E-state index in [1.165, 1.54) is 77.0 Å². The van der Waals surface area contributed by atoms with Gasteiger partial charge >= 0.3 is 11.9 Å². The molecule has 4 nitrogen and oxygen atoms in total. The van der Waals surface area contributed by atoms with Crippen molar-refractivity contribution in [2.45, 2.75) is 183 Å². The summed E-state index contributed by atoms with van der Waals surface area (Å²) in [4.78, 5) is 23.8. The van der Waals surface area contributed by atoms with Gasteiger partial charge in [0, 0.05) is 6.42 Å². The summed E-state index contributed by atoms with van der Waals surface area (Å²) < 4.78 is 0. The van der Waals surface area contributed by atoms with Crippen molar-refractivity contribution in [3.63, 3.8) is 0 Å². The van der Waals surface area contributed by atoms with Gasteiger partial charge in [-0.25, -0.2) is 0 Å². The summed E-state index contributed by atoms with van der Waals surface area (Å²) in [5.41, 5.74) is -0.585. The Balaban J connectivity index is 5.13. The molecule has 0 radical (unpaired) electrons. The lowest BCUT2D eigenvalue weighted by molar-refractivity contribution is -0.153.